The van der Waals surface area contributed by atoms with Crippen molar-refractivity contribution >= 4 is 43.8 Å². The number of benzene rings is 3. The number of sulfone groups is 1. The number of carbonyl (C=O) groups is 1. The van der Waals surface area contributed by atoms with Gasteiger partial charge in [0.15, 0.2) is 5.11 Å². The molecule has 14 heteroatoms. The summed E-state index contributed by atoms with van der Waals surface area (Å²) < 4.78 is 40.0. The van der Waals surface area contributed by atoms with Crippen LogP contribution in [0.15, 0.2) is 80.7 Å². The molecule has 2 saturated heterocycles. The van der Waals surface area contributed by atoms with Gasteiger partial charge in [0.2, 0.25) is 19.9 Å². The number of likely N-dealkylation sites (N-methyl/N-ethyl adjacent to an activating group) is 1. The van der Waals surface area contributed by atoms with Crippen molar-refractivity contribution in [3.63, 3.8) is 0 Å². The molecule has 4 aromatic rings. The minimum absolute atomic E-state index is 0.0595. The van der Waals surface area contributed by atoms with Gasteiger partial charge in [0, 0.05) is 44.1 Å². The molecule has 1 amide bonds. The molecule has 12 nitrogen and oxygen atoms in total. The fourth-order valence-corrected chi connectivity index (χ4v) is 6.95. The number of H-pyrrole nitrogens is 1. The second-order valence-electron chi connectivity index (χ2n) is 11.4. The number of carbonyl (C=O) groups excluding carboxylic acids is 1. The summed E-state index contributed by atoms with van der Waals surface area (Å²) in [6, 6.07) is 14.8. The van der Waals surface area contributed by atoms with Crippen molar-refractivity contribution in [2.45, 2.75) is 22.6 Å². The standard InChI is InChI=1S/C31H34FN9O3S/c1-40-12-14-41(15-13-40)23-7-9-26(29(17-23)34-20-21-4-3-11-33-19-21)31(42)38-39-37-30-27-18-25(8-10-28(27)35-36-30)45(43,44)24-6-2-5-22(32)16-24/h2,5-10,16-18,21,33H,3-4,11-15,19-20H2,1H3,(H,34,42)/p+1. The van der Waals surface area contributed by atoms with Crippen LogP contribution in [-0.2, 0) is 9.84 Å². The van der Waals surface area contributed by atoms with Gasteiger partial charge in [0.05, 0.1) is 26.3 Å². The van der Waals surface area contributed by atoms with Crippen LogP contribution >= 0.6 is 0 Å². The fraction of sp³-hybridized carbons (Fsp3) is 0.355. The second kappa shape index (κ2) is 13.2. The van der Waals surface area contributed by atoms with Crippen molar-refractivity contribution in [1.82, 2.24) is 25.3 Å². The maximum absolute atomic E-state index is 13.7. The number of rotatable bonds is 8. The minimum atomic E-state index is -4.00. The van der Waals surface area contributed by atoms with Crippen molar-refractivity contribution in [3.8, 4) is 0 Å². The maximum atomic E-state index is 13.7. The summed E-state index contributed by atoms with van der Waals surface area (Å²) in [4.78, 5) is 21.4. The third-order valence-electron chi connectivity index (χ3n) is 8.29. The molecule has 0 spiro atoms. The highest BCUT2D eigenvalue weighted by Crippen LogP contribution is 2.29. The Morgan fingerprint density at radius 3 is 2.69 bits per heavy atom. The molecule has 0 bridgehead atoms. The number of piperazine rings is 1. The average molecular weight is 633 g/mol. The molecule has 1 atom stereocenters. The van der Waals surface area contributed by atoms with Crippen molar-refractivity contribution in [3.05, 3.63) is 72.0 Å². The molecular formula is C31H35FN9O3S+. The smallest absolute Gasteiger partial charge is 0.362 e. The number of halogens is 1. The molecule has 0 saturated carbocycles. The zero-order chi connectivity index (χ0) is 31.4. The van der Waals surface area contributed by atoms with E-state index in [0.29, 0.717) is 28.1 Å². The van der Waals surface area contributed by atoms with Gasteiger partial charge in [-0.3, -0.25) is 9.89 Å². The van der Waals surface area contributed by atoms with Gasteiger partial charge in [-0.2, -0.15) is 0 Å². The highest BCUT2D eigenvalue weighted by Gasteiger charge is 2.23. The van der Waals surface area contributed by atoms with Crippen LogP contribution < -0.4 is 20.4 Å². The number of hydrogen-bond donors (Lipinski definition) is 3. The Hall–Kier alpha value is -4.49. The van der Waals surface area contributed by atoms with Gasteiger partial charge >= 0.3 is 5.91 Å². The lowest BCUT2D eigenvalue weighted by Crippen LogP contribution is -2.44. The number of amides is 1. The topological polar surface area (TPSA) is 149 Å². The minimum Gasteiger partial charge on any atom is -0.384 e. The summed E-state index contributed by atoms with van der Waals surface area (Å²) in [7, 11) is -1.89. The number of fused-ring (bicyclic) bond motifs is 1. The van der Waals surface area contributed by atoms with E-state index in [2.05, 4.69) is 52.8 Å². The summed E-state index contributed by atoms with van der Waals surface area (Å²) in [5.41, 5.74) is 2.62. The predicted molar refractivity (Wildman–Crippen MR) is 169 cm³/mol. The van der Waals surface area contributed by atoms with Gasteiger partial charge in [0.1, 0.15) is 5.82 Å². The van der Waals surface area contributed by atoms with Crippen molar-refractivity contribution < 1.29 is 17.6 Å². The molecule has 45 heavy (non-hydrogen) atoms. The Bertz CT molecular complexity index is 1870. The first-order valence-electron chi connectivity index (χ1n) is 14.9. The van der Waals surface area contributed by atoms with E-state index in [1.165, 1.54) is 36.4 Å². The first kappa shape index (κ1) is 30.5. The van der Waals surface area contributed by atoms with Gasteiger partial charge in [-0.25, -0.2) is 12.8 Å². The van der Waals surface area contributed by atoms with E-state index < -0.39 is 21.6 Å². The molecule has 234 valence electrons. The molecule has 3 N–H and O–H groups in total. The molecule has 1 unspecified atom stereocenters. The van der Waals surface area contributed by atoms with Crippen LogP contribution in [0.25, 0.3) is 10.9 Å². The first-order valence-corrected chi connectivity index (χ1v) is 16.4. The molecule has 3 aromatic carbocycles. The third kappa shape index (κ3) is 6.94. The second-order valence-corrected chi connectivity index (χ2v) is 13.4. The SMILES string of the molecule is CN1CCN(c2ccc(C(=O)N=[N+]=Nc3n[nH]c4ccc(S(=O)(=O)c5cccc(F)c5)cc34)c(NCC3CCCNC3)c2)CC1. The van der Waals surface area contributed by atoms with Gasteiger partial charge in [0.25, 0.3) is 5.82 Å². The molecule has 2 aliphatic heterocycles. The quantitative estimate of drug-likeness (QED) is 0.194. The Morgan fingerprint density at radius 1 is 1.09 bits per heavy atom. The van der Waals surface area contributed by atoms with E-state index in [1.54, 1.807) is 6.07 Å². The maximum Gasteiger partial charge on any atom is 0.362 e. The van der Waals surface area contributed by atoms with Crippen LogP contribution in [0.1, 0.15) is 23.2 Å². The van der Waals surface area contributed by atoms with Gasteiger partial charge in [-0.15, -0.1) is 5.10 Å². The normalized spacial score (nSPS) is 17.6. The lowest BCUT2D eigenvalue weighted by Gasteiger charge is -2.34. The largest absolute Gasteiger partial charge is 0.384 e. The zero-order valence-corrected chi connectivity index (χ0v) is 25.7. The molecule has 2 aliphatic rings. The Labute approximate surface area is 260 Å². The number of aromatic amines is 1. The third-order valence-corrected chi connectivity index (χ3v) is 10.0. The van der Waals surface area contributed by atoms with Gasteiger partial charge in [-0.05, 0) is 93.5 Å². The van der Waals surface area contributed by atoms with Crippen LogP contribution in [0.5, 0.6) is 0 Å². The van der Waals surface area contributed by atoms with Crippen molar-refractivity contribution in [2.24, 2.45) is 16.1 Å². The van der Waals surface area contributed by atoms with E-state index in [-0.39, 0.29) is 15.6 Å². The van der Waals surface area contributed by atoms with Crippen LogP contribution in [0.4, 0.5) is 21.6 Å². The van der Waals surface area contributed by atoms with E-state index in [4.69, 9.17) is 0 Å². The summed E-state index contributed by atoms with van der Waals surface area (Å²) in [5.74, 6) is -0.707. The summed E-state index contributed by atoms with van der Waals surface area (Å²) in [6.45, 7) is 6.41. The lowest BCUT2D eigenvalue weighted by molar-refractivity contribution is 0.0993. The molecule has 6 rings (SSSR count). The molecule has 2 fully saturated rings. The molecule has 0 aliphatic carbocycles. The Morgan fingerprint density at radius 2 is 1.91 bits per heavy atom. The molecule has 1 aromatic heterocycles. The van der Waals surface area contributed by atoms with Crippen LogP contribution in [0.3, 0.4) is 0 Å². The zero-order valence-electron chi connectivity index (χ0n) is 24.9. The summed E-state index contributed by atoms with van der Waals surface area (Å²) >= 11 is 0. The highest BCUT2D eigenvalue weighted by molar-refractivity contribution is 7.91. The number of piperidine rings is 1. The number of hydrogen-bond acceptors (Lipinski definition) is 9. The van der Waals surface area contributed by atoms with Crippen LogP contribution in [-0.4, -0.2) is 82.3 Å². The highest BCUT2D eigenvalue weighted by atomic mass is 32.2. The van der Waals surface area contributed by atoms with E-state index in [9.17, 15) is 17.6 Å². The fourth-order valence-electron chi connectivity index (χ4n) is 5.63. The van der Waals surface area contributed by atoms with Crippen LogP contribution in [0.2, 0.25) is 0 Å². The van der Waals surface area contributed by atoms with E-state index in [1.807, 2.05) is 12.1 Å². The predicted octanol–water partition coefficient (Wildman–Crippen LogP) is 4.14. The first-order chi connectivity index (χ1) is 21.8. The number of anilines is 2. The number of nitrogens with zero attached hydrogens (tertiary/aromatic N) is 6. The van der Waals surface area contributed by atoms with Crippen molar-refractivity contribution in [2.75, 3.05) is 63.1 Å². The average Bonchev–Trinajstić information content (AvgIpc) is 3.46. The Balaban J connectivity index is 1.25. The van der Waals surface area contributed by atoms with Gasteiger partial charge < -0.3 is 20.4 Å². The molecule has 3 heterocycles. The van der Waals surface area contributed by atoms with Gasteiger partial charge in [-0.1, -0.05) is 6.07 Å². The van der Waals surface area contributed by atoms with Crippen LogP contribution in [0, 0.1) is 11.7 Å². The van der Waals surface area contributed by atoms with Crippen molar-refractivity contribution in [1.29, 1.82) is 0 Å². The summed E-state index contributed by atoms with van der Waals surface area (Å²) in [6.07, 6.45) is 2.23. The number of nitrogens with one attached hydrogen (secondary N) is 3. The van der Waals surface area contributed by atoms with E-state index >= 15 is 0 Å². The molecular weight excluding hydrogens is 597 g/mol. The van der Waals surface area contributed by atoms with E-state index in [0.717, 1.165) is 70.4 Å². The Kier molecular flexibility index (Phi) is 8.99. The lowest BCUT2D eigenvalue weighted by atomic mass is 9.99. The molecule has 0 radical (unpaired) electrons. The summed E-state index contributed by atoms with van der Waals surface area (Å²) in [5, 5.41) is 22.0. The monoisotopic (exact) mass is 632 g/mol. The number of aromatic nitrogens is 2.